The molecule has 9 nitrogen and oxygen atoms in total. The summed E-state index contributed by atoms with van der Waals surface area (Å²) in [5.41, 5.74) is 6.04. The smallest absolute Gasteiger partial charge is 0.322 e. The highest BCUT2D eigenvalue weighted by atomic mass is 79.9. The number of carbonyl (C=O) groups is 3. The lowest BCUT2D eigenvalue weighted by atomic mass is 10.0. The van der Waals surface area contributed by atoms with Crippen LogP contribution < -0.4 is 15.4 Å². The van der Waals surface area contributed by atoms with Crippen molar-refractivity contribution in [2.45, 2.75) is 39.2 Å². The molecule has 0 radical (unpaired) electrons. The largest absolute Gasteiger partial charge is 0.361 e. The number of primary amides is 1. The van der Waals surface area contributed by atoms with Crippen molar-refractivity contribution < 1.29 is 22.8 Å². The SMILES string of the molecule is CCCCCC(=O)c1ccccc1N(C(=O)C(N)=O)c1nc(CNS(C)(=O)=O)c(Br)s1. The highest BCUT2D eigenvalue weighted by Crippen LogP contribution is 2.37. The molecule has 0 bridgehead atoms. The van der Waals surface area contributed by atoms with Gasteiger partial charge in [-0.3, -0.25) is 14.4 Å². The van der Waals surface area contributed by atoms with Gasteiger partial charge in [0.15, 0.2) is 10.9 Å². The van der Waals surface area contributed by atoms with E-state index in [1.807, 2.05) is 6.92 Å². The van der Waals surface area contributed by atoms with E-state index in [0.717, 1.165) is 35.3 Å². The standard InChI is InChI=1S/C19H23BrN4O5S2/c1-3-4-5-10-15(25)12-8-6-7-9-14(12)24(18(27)17(21)26)19-23-13(16(20)30-19)11-22-31(2,28)29/h6-9,22H,3-5,10-11H2,1-2H3,(H2,21,26). The van der Waals surface area contributed by atoms with Crippen LogP contribution in [0.3, 0.4) is 0 Å². The first-order valence-electron chi connectivity index (χ1n) is 9.41. The number of hydrogen-bond donors (Lipinski definition) is 2. The van der Waals surface area contributed by atoms with Crippen LogP contribution >= 0.6 is 27.3 Å². The van der Waals surface area contributed by atoms with Gasteiger partial charge in [-0.15, -0.1) is 0 Å². The van der Waals surface area contributed by atoms with Crippen LogP contribution in [0.1, 0.15) is 48.7 Å². The quantitative estimate of drug-likeness (QED) is 0.275. The van der Waals surface area contributed by atoms with E-state index in [1.54, 1.807) is 18.2 Å². The number of unbranched alkanes of at least 4 members (excludes halogenated alkanes) is 2. The maximum Gasteiger partial charge on any atom is 0.322 e. The number of nitrogens with two attached hydrogens (primary N) is 1. The van der Waals surface area contributed by atoms with Gasteiger partial charge < -0.3 is 5.73 Å². The number of para-hydroxylation sites is 1. The Balaban J connectivity index is 2.49. The van der Waals surface area contributed by atoms with Crippen molar-refractivity contribution in [1.82, 2.24) is 9.71 Å². The minimum absolute atomic E-state index is 0.0785. The Morgan fingerprint density at radius 2 is 1.90 bits per heavy atom. The Hall–Kier alpha value is -2.15. The van der Waals surface area contributed by atoms with Crippen molar-refractivity contribution in [2.24, 2.45) is 5.73 Å². The predicted octanol–water partition coefficient (Wildman–Crippen LogP) is 2.87. The number of aromatic nitrogens is 1. The number of ketones is 1. The average Bonchev–Trinajstić information content (AvgIpc) is 3.06. The maximum atomic E-state index is 12.8. The van der Waals surface area contributed by atoms with Crippen LogP contribution in [-0.2, 0) is 26.2 Å². The summed E-state index contributed by atoms with van der Waals surface area (Å²) in [4.78, 5) is 42.5. The third-order valence-electron chi connectivity index (χ3n) is 4.20. The molecule has 0 aliphatic carbocycles. The van der Waals surface area contributed by atoms with Gasteiger partial charge in [-0.1, -0.05) is 43.2 Å². The van der Waals surface area contributed by atoms with Crippen LogP contribution in [0.5, 0.6) is 0 Å². The molecule has 2 amide bonds. The third kappa shape index (κ3) is 6.92. The molecular formula is C19H23BrN4O5S2. The van der Waals surface area contributed by atoms with E-state index in [1.165, 1.54) is 6.07 Å². The lowest BCUT2D eigenvalue weighted by molar-refractivity contribution is -0.135. The second-order valence-corrected chi connectivity index (χ2v) is 10.8. The van der Waals surface area contributed by atoms with Gasteiger partial charge in [-0.05, 0) is 34.5 Å². The molecule has 1 aromatic heterocycles. The number of nitrogens with one attached hydrogen (secondary N) is 1. The van der Waals surface area contributed by atoms with Gasteiger partial charge in [0.05, 0.1) is 28.0 Å². The summed E-state index contributed by atoms with van der Waals surface area (Å²) in [6.07, 6.45) is 3.87. The number of hydrogen-bond acceptors (Lipinski definition) is 7. The van der Waals surface area contributed by atoms with E-state index < -0.39 is 21.8 Å². The van der Waals surface area contributed by atoms with Gasteiger partial charge in [-0.25, -0.2) is 23.0 Å². The summed E-state index contributed by atoms with van der Waals surface area (Å²) in [6, 6.07) is 6.42. The lowest BCUT2D eigenvalue weighted by Gasteiger charge is -2.21. The molecule has 2 rings (SSSR count). The lowest BCUT2D eigenvalue weighted by Crippen LogP contribution is -2.38. The summed E-state index contributed by atoms with van der Waals surface area (Å²) in [5.74, 6) is -2.44. The van der Waals surface area contributed by atoms with Crippen molar-refractivity contribution in [3.05, 3.63) is 39.3 Å². The molecule has 0 atom stereocenters. The number of Topliss-reactive ketones (excluding diaryl/α,β-unsaturated/α-hetero) is 1. The Kier molecular flexibility index (Phi) is 8.86. The van der Waals surface area contributed by atoms with Crippen molar-refractivity contribution in [2.75, 3.05) is 11.2 Å². The van der Waals surface area contributed by atoms with E-state index in [0.29, 0.717) is 22.3 Å². The highest BCUT2D eigenvalue weighted by Gasteiger charge is 2.29. The Bertz CT molecular complexity index is 1080. The number of thiazole rings is 1. The number of benzene rings is 1. The van der Waals surface area contributed by atoms with Crippen LogP contribution in [0.25, 0.3) is 0 Å². The van der Waals surface area contributed by atoms with Crippen LogP contribution in [0.15, 0.2) is 28.1 Å². The Labute approximate surface area is 193 Å². The van der Waals surface area contributed by atoms with E-state index in [4.69, 9.17) is 5.73 Å². The number of sulfonamides is 1. The molecule has 0 saturated carbocycles. The number of rotatable bonds is 10. The van der Waals surface area contributed by atoms with Crippen LogP contribution in [0, 0.1) is 0 Å². The minimum Gasteiger partial charge on any atom is -0.361 e. The molecule has 0 unspecified atom stereocenters. The summed E-state index contributed by atoms with van der Waals surface area (Å²) in [5, 5.41) is 0.0785. The molecule has 0 aliphatic heterocycles. The molecule has 31 heavy (non-hydrogen) atoms. The van der Waals surface area contributed by atoms with Crippen LogP contribution in [-0.4, -0.2) is 37.3 Å². The van der Waals surface area contributed by atoms with Gasteiger partial charge >= 0.3 is 11.8 Å². The molecule has 0 spiro atoms. The van der Waals surface area contributed by atoms with E-state index in [2.05, 4.69) is 25.6 Å². The van der Waals surface area contributed by atoms with Crippen molar-refractivity contribution >= 4 is 65.7 Å². The van der Waals surface area contributed by atoms with Gasteiger partial charge in [0, 0.05) is 12.0 Å². The fourth-order valence-electron chi connectivity index (χ4n) is 2.71. The number of carbonyl (C=O) groups excluding carboxylic acids is 3. The second kappa shape index (κ2) is 10.9. The molecule has 3 N–H and O–H groups in total. The highest BCUT2D eigenvalue weighted by molar-refractivity contribution is 9.11. The van der Waals surface area contributed by atoms with Gasteiger partial charge in [0.1, 0.15) is 0 Å². The van der Waals surface area contributed by atoms with Crippen molar-refractivity contribution in [1.29, 1.82) is 0 Å². The van der Waals surface area contributed by atoms with E-state index in [9.17, 15) is 22.8 Å². The predicted molar refractivity (Wildman–Crippen MR) is 123 cm³/mol. The van der Waals surface area contributed by atoms with E-state index in [-0.39, 0.29) is 28.7 Å². The maximum absolute atomic E-state index is 12.8. The molecule has 0 saturated heterocycles. The minimum atomic E-state index is -3.47. The summed E-state index contributed by atoms with van der Waals surface area (Å²) in [7, 11) is -3.47. The van der Waals surface area contributed by atoms with Crippen molar-refractivity contribution in [3.63, 3.8) is 0 Å². The first kappa shape index (κ1) is 25.1. The molecular weight excluding hydrogens is 508 g/mol. The van der Waals surface area contributed by atoms with Gasteiger partial charge in [0.2, 0.25) is 10.0 Å². The molecule has 12 heteroatoms. The molecule has 168 valence electrons. The summed E-state index contributed by atoms with van der Waals surface area (Å²) >= 11 is 4.31. The Morgan fingerprint density at radius 3 is 2.52 bits per heavy atom. The van der Waals surface area contributed by atoms with Gasteiger partial charge in [0.25, 0.3) is 0 Å². The zero-order chi connectivity index (χ0) is 23.2. The van der Waals surface area contributed by atoms with Crippen molar-refractivity contribution in [3.8, 4) is 0 Å². The molecule has 1 aromatic carbocycles. The molecule has 1 heterocycles. The Morgan fingerprint density at radius 1 is 1.23 bits per heavy atom. The van der Waals surface area contributed by atoms with E-state index >= 15 is 0 Å². The van der Waals surface area contributed by atoms with Crippen LogP contribution in [0.2, 0.25) is 0 Å². The molecule has 0 fully saturated rings. The normalized spacial score (nSPS) is 11.3. The monoisotopic (exact) mass is 530 g/mol. The molecule has 0 aliphatic rings. The average molecular weight is 531 g/mol. The number of nitrogens with zero attached hydrogens (tertiary/aromatic N) is 2. The van der Waals surface area contributed by atoms with Gasteiger partial charge in [-0.2, -0.15) is 0 Å². The fourth-order valence-corrected chi connectivity index (χ4v) is 4.60. The number of amides is 2. The van der Waals surface area contributed by atoms with Crippen LogP contribution in [0.4, 0.5) is 10.8 Å². The zero-order valence-electron chi connectivity index (χ0n) is 17.1. The third-order valence-corrected chi connectivity index (χ3v) is 6.68. The summed E-state index contributed by atoms with van der Waals surface area (Å²) < 4.78 is 25.6. The fraction of sp³-hybridized carbons (Fsp3) is 0.368. The number of halogens is 1. The molecule has 2 aromatic rings. The second-order valence-electron chi connectivity index (χ2n) is 6.71. The number of anilines is 2. The summed E-state index contributed by atoms with van der Waals surface area (Å²) in [6.45, 7) is 1.91. The first-order chi connectivity index (χ1) is 14.5. The zero-order valence-corrected chi connectivity index (χ0v) is 20.3. The topological polar surface area (TPSA) is 140 Å². The first-order valence-corrected chi connectivity index (χ1v) is 12.9.